The quantitative estimate of drug-likeness (QED) is 0.851. The smallest absolute Gasteiger partial charge is 0.255 e. The molecule has 1 fully saturated rings. The predicted molar refractivity (Wildman–Crippen MR) is 81.2 cm³/mol. The van der Waals surface area contributed by atoms with E-state index in [0.29, 0.717) is 30.3 Å². The number of amides is 1. The first-order valence-corrected chi connectivity index (χ1v) is 8.67. The summed E-state index contributed by atoms with van der Waals surface area (Å²) in [5, 5.41) is 2.85. The van der Waals surface area contributed by atoms with Crippen molar-refractivity contribution in [3.63, 3.8) is 0 Å². The van der Waals surface area contributed by atoms with Gasteiger partial charge in [0.1, 0.15) is 11.5 Å². The molecular weight excluding hydrogens is 308 g/mol. The Morgan fingerprint density at radius 2 is 2.05 bits per heavy atom. The molecule has 7 nitrogen and oxygen atoms in total. The number of furan rings is 1. The minimum absolute atomic E-state index is 0.0473. The van der Waals surface area contributed by atoms with Gasteiger partial charge in [0.15, 0.2) is 0 Å². The van der Waals surface area contributed by atoms with Gasteiger partial charge in [-0.2, -0.15) is 0 Å². The number of aryl methyl sites for hydroxylation is 2. The highest BCUT2D eigenvalue weighted by Gasteiger charge is 2.34. The van der Waals surface area contributed by atoms with Gasteiger partial charge < -0.3 is 14.5 Å². The van der Waals surface area contributed by atoms with Crippen molar-refractivity contribution in [2.45, 2.75) is 19.9 Å². The van der Waals surface area contributed by atoms with Gasteiger partial charge >= 0.3 is 0 Å². The number of nitrogens with one attached hydrogen (secondary N) is 1. The molecule has 0 saturated carbocycles. The molecule has 1 amide bonds. The van der Waals surface area contributed by atoms with Gasteiger partial charge in [0.05, 0.1) is 30.6 Å². The van der Waals surface area contributed by atoms with Crippen molar-refractivity contribution in [2.24, 2.45) is 5.92 Å². The molecule has 2 heterocycles. The van der Waals surface area contributed by atoms with E-state index in [-0.39, 0.29) is 23.6 Å². The molecule has 0 spiro atoms. The molecule has 2 rings (SSSR count). The van der Waals surface area contributed by atoms with Crippen LogP contribution < -0.4 is 5.32 Å². The summed E-state index contributed by atoms with van der Waals surface area (Å²) in [7, 11) is -0.343. The Morgan fingerprint density at radius 1 is 1.36 bits per heavy atom. The van der Waals surface area contributed by atoms with Crippen LogP contribution in [0.5, 0.6) is 0 Å². The van der Waals surface area contributed by atoms with Crippen LogP contribution in [0.1, 0.15) is 21.9 Å². The van der Waals surface area contributed by atoms with Crippen molar-refractivity contribution >= 4 is 15.9 Å². The fourth-order valence-electron chi connectivity index (χ4n) is 2.44. The van der Waals surface area contributed by atoms with Crippen LogP contribution in [-0.4, -0.2) is 57.7 Å². The van der Waals surface area contributed by atoms with E-state index in [1.807, 2.05) is 0 Å². The maximum Gasteiger partial charge on any atom is 0.255 e. The lowest BCUT2D eigenvalue weighted by Crippen LogP contribution is -2.43. The Hall–Kier alpha value is -1.38. The highest BCUT2D eigenvalue weighted by atomic mass is 32.2. The van der Waals surface area contributed by atoms with Crippen LogP contribution in [0.25, 0.3) is 0 Å². The highest BCUT2D eigenvalue weighted by Crippen LogP contribution is 2.19. The molecule has 1 aliphatic rings. The van der Waals surface area contributed by atoms with E-state index in [1.165, 1.54) is 18.4 Å². The molecule has 1 aromatic heterocycles. The zero-order valence-electron chi connectivity index (χ0n) is 13.3. The number of carbonyl (C=O) groups excluding carboxylic acids is 1. The molecule has 124 valence electrons. The van der Waals surface area contributed by atoms with Crippen LogP contribution in [0.3, 0.4) is 0 Å². The van der Waals surface area contributed by atoms with Crippen LogP contribution in [0.4, 0.5) is 0 Å². The molecule has 22 heavy (non-hydrogen) atoms. The second kappa shape index (κ2) is 6.39. The second-order valence-electron chi connectivity index (χ2n) is 5.77. The van der Waals surface area contributed by atoms with Crippen molar-refractivity contribution in [3.8, 4) is 0 Å². The fraction of sp³-hybridized carbons (Fsp3) is 0.643. The second-order valence-corrected chi connectivity index (χ2v) is 7.99. The van der Waals surface area contributed by atoms with Crippen LogP contribution in [0.2, 0.25) is 0 Å². The Bertz CT molecular complexity index is 650. The standard InChI is InChI=1S/C14H22N2O5S/c1-9-5-12(10(2)21-9)14(17)15-13-7-20-6-11(13)8-22(18,19)16(3)4/h5,11,13H,6-8H2,1-4H3,(H,15,17)/t11-,13+/m0/s1. The third-order valence-electron chi connectivity index (χ3n) is 3.78. The van der Waals surface area contributed by atoms with Gasteiger partial charge in [0, 0.05) is 20.0 Å². The zero-order valence-corrected chi connectivity index (χ0v) is 14.1. The summed E-state index contributed by atoms with van der Waals surface area (Å²) in [4.78, 5) is 12.3. The number of rotatable bonds is 5. The molecule has 0 bridgehead atoms. The number of sulfonamides is 1. The third kappa shape index (κ3) is 3.68. The topological polar surface area (TPSA) is 88.8 Å². The summed E-state index contributed by atoms with van der Waals surface area (Å²) < 4.78 is 35.9. The Balaban J connectivity index is 2.05. The van der Waals surface area contributed by atoms with E-state index in [1.54, 1.807) is 19.9 Å². The number of hydrogen-bond acceptors (Lipinski definition) is 5. The molecule has 8 heteroatoms. The average molecular weight is 330 g/mol. The van der Waals surface area contributed by atoms with Gasteiger partial charge in [0.2, 0.25) is 10.0 Å². The van der Waals surface area contributed by atoms with E-state index in [2.05, 4.69) is 5.32 Å². The Kier molecular flexibility index (Phi) is 4.93. The normalized spacial score (nSPS) is 22.2. The van der Waals surface area contributed by atoms with Crippen molar-refractivity contribution < 1.29 is 22.4 Å². The lowest BCUT2D eigenvalue weighted by molar-refractivity contribution is 0.0924. The summed E-state index contributed by atoms with van der Waals surface area (Å²) in [5.74, 6) is 0.638. The highest BCUT2D eigenvalue weighted by molar-refractivity contribution is 7.89. The maximum atomic E-state index is 12.3. The average Bonchev–Trinajstić information content (AvgIpc) is 2.95. The minimum Gasteiger partial charge on any atom is -0.466 e. The van der Waals surface area contributed by atoms with Gasteiger partial charge in [-0.1, -0.05) is 0 Å². The third-order valence-corrected chi connectivity index (χ3v) is 5.74. The molecule has 0 radical (unpaired) electrons. The van der Waals surface area contributed by atoms with Gasteiger partial charge in [0.25, 0.3) is 5.91 Å². The SMILES string of the molecule is Cc1cc(C(=O)N[C@@H]2COC[C@H]2CS(=O)(=O)N(C)C)c(C)o1. The minimum atomic E-state index is -3.34. The summed E-state index contributed by atoms with van der Waals surface area (Å²) >= 11 is 0. The molecule has 1 saturated heterocycles. The maximum absolute atomic E-state index is 12.3. The Morgan fingerprint density at radius 3 is 2.59 bits per heavy atom. The van der Waals surface area contributed by atoms with E-state index >= 15 is 0 Å². The summed E-state index contributed by atoms with van der Waals surface area (Å²) in [6.45, 7) is 4.13. The molecule has 0 aliphatic carbocycles. The van der Waals surface area contributed by atoms with Gasteiger partial charge in [-0.3, -0.25) is 4.79 Å². The molecule has 0 aromatic carbocycles. The van der Waals surface area contributed by atoms with Gasteiger partial charge in [-0.05, 0) is 19.9 Å². The van der Waals surface area contributed by atoms with E-state index in [9.17, 15) is 13.2 Å². The molecule has 1 aliphatic heterocycles. The predicted octanol–water partition coefficient (Wildman–Crippen LogP) is 0.533. The van der Waals surface area contributed by atoms with Crippen LogP contribution in [0, 0.1) is 19.8 Å². The molecule has 1 aromatic rings. The Labute approximate surface area is 130 Å². The monoisotopic (exact) mass is 330 g/mol. The van der Waals surface area contributed by atoms with E-state index in [0.717, 1.165) is 0 Å². The van der Waals surface area contributed by atoms with E-state index < -0.39 is 10.0 Å². The van der Waals surface area contributed by atoms with Crippen molar-refractivity contribution in [1.82, 2.24) is 9.62 Å². The summed E-state index contributed by atoms with van der Waals surface area (Å²) in [6, 6.07) is 1.35. The van der Waals surface area contributed by atoms with Crippen molar-refractivity contribution in [3.05, 3.63) is 23.2 Å². The molecule has 0 unspecified atom stereocenters. The zero-order chi connectivity index (χ0) is 16.5. The van der Waals surface area contributed by atoms with Crippen molar-refractivity contribution in [2.75, 3.05) is 33.1 Å². The number of carbonyl (C=O) groups is 1. The molecule has 1 N–H and O–H groups in total. The number of nitrogens with zero attached hydrogens (tertiary/aromatic N) is 1. The number of ether oxygens (including phenoxy) is 1. The fourth-order valence-corrected chi connectivity index (χ4v) is 3.61. The largest absolute Gasteiger partial charge is 0.466 e. The van der Waals surface area contributed by atoms with Crippen LogP contribution in [-0.2, 0) is 14.8 Å². The summed E-state index contributed by atoms with van der Waals surface area (Å²) in [6.07, 6.45) is 0. The van der Waals surface area contributed by atoms with Crippen molar-refractivity contribution in [1.29, 1.82) is 0 Å². The van der Waals surface area contributed by atoms with Gasteiger partial charge in [-0.25, -0.2) is 12.7 Å². The first-order chi connectivity index (χ1) is 10.2. The lowest BCUT2D eigenvalue weighted by Gasteiger charge is -2.20. The van der Waals surface area contributed by atoms with Gasteiger partial charge in [-0.15, -0.1) is 0 Å². The van der Waals surface area contributed by atoms with Crippen LogP contribution >= 0.6 is 0 Å². The first kappa shape index (κ1) is 17.0. The number of hydrogen-bond donors (Lipinski definition) is 1. The van der Waals surface area contributed by atoms with E-state index in [4.69, 9.17) is 9.15 Å². The summed E-state index contributed by atoms with van der Waals surface area (Å²) in [5.41, 5.74) is 0.471. The first-order valence-electron chi connectivity index (χ1n) is 7.06. The molecular formula is C14H22N2O5S. The van der Waals surface area contributed by atoms with Crippen LogP contribution in [0.15, 0.2) is 10.5 Å². The lowest BCUT2D eigenvalue weighted by atomic mass is 10.1. The molecule has 2 atom stereocenters.